The first-order valence-electron chi connectivity index (χ1n) is 10.0. The fourth-order valence-electron chi connectivity index (χ4n) is 4.80. The summed E-state index contributed by atoms with van der Waals surface area (Å²) in [7, 11) is 0. The number of hydrogen-bond donors (Lipinski definition) is 1. The minimum absolute atomic E-state index is 0.642. The van der Waals surface area contributed by atoms with E-state index in [1.54, 1.807) is 6.33 Å². The largest absolute Gasteiger partial charge is 0.385 e. The molecule has 2 aliphatic heterocycles. The van der Waals surface area contributed by atoms with Crippen molar-refractivity contribution in [1.82, 2.24) is 14.9 Å². The number of piperidine rings is 1. The van der Waals surface area contributed by atoms with Crippen LogP contribution in [0.1, 0.15) is 47.9 Å². The molecule has 4 aliphatic rings. The van der Waals surface area contributed by atoms with Gasteiger partial charge in [0.05, 0.1) is 11.2 Å². The number of nitrogens with zero attached hydrogens (tertiary/aromatic N) is 5. The van der Waals surface area contributed by atoms with Gasteiger partial charge in [-0.3, -0.25) is 5.01 Å². The highest BCUT2D eigenvalue weighted by Gasteiger charge is 2.36. The fourth-order valence-corrected chi connectivity index (χ4v) is 4.80. The van der Waals surface area contributed by atoms with Crippen molar-refractivity contribution in [1.29, 1.82) is 5.26 Å². The lowest BCUT2D eigenvalue weighted by Crippen LogP contribution is -2.49. The summed E-state index contributed by atoms with van der Waals surface area (Å²) in [6.07, 6.45) is 7.02. The van der Waals surface area contributed by atoms with Crippen molar-refractivity contribution >= 4 is 0 Å². The zero-order valence-corrected chi connectivity index (χ0v) is 15.8. The highest BCUT2D eigenvalue weighted by atomic mass is 16.3. The molecule has 6 heteroatoms. The molecule has 0 unspecified atom stereocenters. The van der Waals surface area contributed by atoms with Crippen LogP contribution in [0.3, 0.4) is 0 Å². The standard InChI is InChI=1S/C22H23N5O/c23-14-19-17-8-4-5-9-18(17)21-20(19)24-15-25-27(21)26-12-10-22(28,11-13-26)16-6-2-1-3-7-16/h1-3,6-7,15,28H,4-5,8-13H2. The van der Waals surface area contributed by atoms with Gasteiger partial charge in [0, 0.05) is 13.1 Å². The lowest BCUT2D eigenvalue weighted by atomic mass is 9.85. The molecule has 1 fully saturated rings. The Kier molecular flexibility index (Phi) is 4.06. The molecule has 0 atom stereocenters. The summed E-state index contributed by atoms with van der Waals surface area (Å²) < 4.78 is 0. The minimum atomic E-state index is -0.798. The topological polar surface area (TPSA) is 78.0 Å². The number of aromatic nitrogens is 3. The van der Waals surface area contributed by atoms with Gasteiger partial charge in [0.25, 0.3) is 0 Å². The summed E-state index contributed by atoms with van der Waals surface area (Å²) in [5, 5.41) is 27.6. The molecule has 142 valence electrons. The average Bonchev–Trinajstić information content (AvgIpc) is 3.09. The fraction of sp³-hybridized carbons (Fsp3) is 0.409. The van der Waals surface area contributed by atoms with Gasteiger partial charge < -0.3 is 5.11 Å². The maximum Gasteiger partial charge on any atom is 0.138 e. The molecule has 6 nitrogen and oxygen atoms in total. The van der Waals surface area contributed by atoms with Crippen LogP contribution in [0.25, 0.3) is 11.4 Å². The second-order valence-electron chi connectivity index (χ2n) is 7.85. The van der Waals surface area contributed by atoms with E-state index in [-0.39, 0.29) is 0 Å². The second kappa shape index (κ2) is 6.61. The van der Waals surface area contributed by atoms with Crippen molar-refractivity contribution in [3.63, 3.8) is 0 Å². The monoisotopic (exact) mass is 373 g/mol. The van der Waals surface area contributed by atoms with E-state index < -0.39 is 5.60 Å². The van der Waals surface area contributed by atoms with E-state index in [0.717, 1.165) is 53.8 Å². The van der Waals surface area contributed by atoms with Gasteiger partial charge in [0.15, 0.2) is 0 Å². The molecule has 0 amide bonds. The van der Waals surface area contributed by atoms with Crippen LogP contribution in [0.5, 0.6) is 0 Å². The van der Waals surface area contributed by atoms with Crippen molar-refractivity contribution in [3.05, 3.63) is 58.9 Å². The Morgan fingerprint density at radius 2 is 1.75 bits per heavy atom. The highest BCUT2D eigenvalue weighted by Crippen LogP contribution is 2.40. The predicted molar refractivity (Wildman–Crippen MR) is 106 cm³/mol. The third kappa shape index (κ3) is 2.58. The number of rotatable bonds is 2. The first-order chi connectivity index (χ1) is 13.7. The van der Waals surface area contributed by atoms with Crippen LogP contribution in [0.15, 0.2) is 36.7 Å². The predicted octanol–water partition coefficient (Wildman–Crippen LogP) is 2.75. The molecule has 1 aromatic carbocycles. The van der Waals surface area contributed by atoms with Crippen LogP contribution < -0.4 is 5.01 Å². The lowest BCUT2D eigenvalue weighted by molar-refractivity contribution is 0.00672. The molecule has 0 radical (unpaired) electrons. The Bertz CT molecular complexity index is 1010. The third-order valence-corrected chi connectivity index (χ3v) is 6.32. The SMILES string of the molecule is N#Cc1c2ncnn(N3CCC(O)(c4ccccc4)CC3)c-2c2c1CCCC2. The molecule has 28 heavy (non-hydrogen) atoms. The van der Waals surface area contributed by atoms with Crippen molar-refractivity contribution < 1.29 is 5.11 Å². The molecular formula is C22H23N5O. The third-order valence-electron chi connectivity index (χ3n) is 6.32. The molecule has 0 aromatic heterocycles. The van der Waals surface area contributed by atoms with Gasteiger partial charge in [-0.05, 0) is 55.2 Å². The molecule has 0 bridgehead atoms. The van der Waals surface area contributed by atoms with Gasteiger partial charge in [0.2, 0.25) is 0 Å². The Hall–Kier alpha value is -2.91. The van der Waals surface area contributed by atoms with Crippen LogP contribution >= 0.6 is 0 Å². The van der Waals surface area contributed by atoms with Crippen LogP contribution in [0, 0.1) is 11.3 Å². The molecule has 0 spiro atoms. The number of aliphatic hydroxyl groups is 1. The smallest absolute Gasteiger partial charge is 0.138 e. The summed E-state index contributed by atoms with van der Waals surface area (Å²) in [5.41, 5.74) is 5.06. The number of benzene rings is 1. The van der Waals surface area contributed by atoms with Crippen molar-refractivity contribution in [2.75, 3.05) is 18.1 Å². The molecule has 1 N–H and O–H groups in total. The van der Waals surface area contributed by atoms with E-state index in [2.05, 4.69) is 21.2 Å². The zero-order valence-electron chi connectivity index (χ0n) is 15.8. The van der Waals surface area contributed by atoms with E-state index in [1.165, 1.54) is 5.56 Å². The second-order valence-corrected chi connectivity index (χ2v) is 7.85. The molecule has 2 heterocycles. The molecule has 0 saturated carbocycles. The van der Waals surface area contributed by atoms with Gasteiger partial charge in [0.1, 0.15) is 23.8 Å². The van der Waals surface area contributed by atoms with Crippen molar-refractivity contribution in [3.8, 4) is 17.5 Å². The normalized spacial score (nSPS) is 18.6. The molecule has 5 rings (SSSR count). The number of fused-ring (bicyclic) bond motifs is 3. The Morgan fingerprint density at radius 3 is 2.46 bits per heavy atom. The lowest BCUT2D eigenvalue weighted by Gasteiger charge is -2.40. The first kappa shape index (κ1) is 17.2. The van der Waals surface area contributed by atoms with Gasteiger partial charge >= 0.3 is 0 Å². The maximum atomic E-state index is 11.1. The van der Waals surface area contributed by atoms with E-state index in [0.29, 0.717) is 25.9 Å². The van der Waals surface area contributed by atoms with Gasteiger partial charge in [-0.1, -0.05) is 30.3 Å². The summed E-state index contributed by atoms with van der Waals surface area (Å²) in [4.78, 5) is 6.40. The van der Waals surface area contributed by atoms with Crippen LogP contribution in [0.2, 0.25) is 0 Å². The van der Waals surface area contributed by atoms with Gasteiger partial charge in [-0.25, -0.2) is 4.98 Å². The summed E-state index contributed by atoms with van der Waals surface area (Å²) in [5.74, 6) is 0. The Morgan fingerprint density at radius 1 is 1.04 bits per heavy atom. The van der Waals surface area contributed by atoms with Crippen molar-refractivity contribution in [2.24, 2.45) is 0 Å². The van der Waals surface area contributed by atoms with Crippen LogP contribution in [0.4, 0.5) is 0 Å². The quantitative estimate of drug-likeness (QED) is 0.747. The van der Waals surface area contributed by atoms with Crippen molar-refractivity contribution in [2.45, 2.75) is 44.1 Å². The summed E-state index contributed by atoms with van der Waals surface area (Å²) >= 11 is 0. The zero-order chi connectivity index (χ0) is 19.1. The van der Waals surface area contributed by atoms with Crippen LogP contribution in [-0.4, -0.2) is 33.1 Å². The van der Waals surface area contributed by atoms with E-state index in [9.17, 15) is 10.4 Å². The van der Waals surface area contributed by atoms with E-state index in [1.807, 2.05) is 35.1 Å². The molecule has 1 aromatic rings. The maximum absolute atomic E-state index is 11.1. The van der Waals surface area contributed by atoms with E-state index >= 15 is 0 Å². The highest BCUT2D eigenvalue weighted by molar-refractivity contribution is 5.76. The van der Waals surface area contributed by atoms with Gasteiger partial charge in [-0.2, -0.15) is 10.1 Å². The summed E-state index contributed by atoms with van der Waals surface area (Å²) in [6, 6.07) is 12.3. The summed E-state index contributed by atoms with van der Waals surface area (Å²) in [6.45, 7) is 1.40. The number of nitriles is 1. The van der Waals surface area contributed by atoms with Gasteiger partial charge in [-0.15, -0.1) is 5.10 Å². The van der Waals surface area contributed by atoms with Crippen LogP contribution in [-0.2, 0) is 18.4 Å². The minimum Gasteiger partial charge on any atom is -0.385 e. The average molecular weight is 373 g/mol. The Labute approximate surface area is 164 Å². The molecular weight excluding hydrogens is 350 g/mol. The Balaban J connectivity index is 1.49. The number of hydrogen-bond acceptors (Lipinski definition) is 5. The van der Waals surface area contributed by atoms with E-state index in [4.69, 9.17) is 0 Å². The molecule has 1 saturated heterocycles. The first-order valence-corrected chi connectivity index (χ1v) is 10.0. The molecule has 2 aliphatic carbocycles.